The number of amides is 1. The van der Waals surface area contributed by atoms with Gasteiger partial charge in [-0.25, -0.2) is 13.4 Å². The van der Waals surface area contributed by atoms with Gasteiger partial charge in [0.05, 0.1) is 17.3 Å². The smallest absolute Gasteiger partial charge is 0.251 e. The monoisotopic (exact) mass is 550 g/mol. The number of ether oxygens (including phenoxy) is 2. The van der Waals surface area contributed by atoms with E-state index in [0.29, 0.717) is 30.9 Å². The van der Waals surface area contributed by atoms with Crippen LogP contribution in [0.3, 0.4) is 0 Å². The van der Waals surface area contributed by atoms with Crippen molar-refractivity contribution in [2.75, 3.05) is 32.1 Å². The molecule has 9 heteroatoms. The van der Waals surface area contributed by atoms with E-state index < -0.39 is 15.4 Å². The Kier molecular flexibility index (Phi) is 9.73. The zero-order valence-electron chi connectivity index (χ0n) is 21.8. The second-order valence-electron chi connectivity index (χ2n) is 9.41. The lowest BCUT2D eigenvalue weighted by Gasteiger charge is -2.23. The Bertz CT molecular complexity index is 1350. The van der Waals surface area contributed by atoms with Crippen molar-refractivity contribution >= 4 is 21.6 Å². The van der Waals surface area contributed by atoms with Crippen LogP contribution in [0, 0.1) is 0 Å². The Morgan fingerprint density at radius 2 is 1.67 bits per heavy atom. The Labute approximate surface area is 229 Å². The van der Waals surface area contributed by atoms with Crippen LogP contribution in [-0.2, 0) is 25.8 Å². The van der Waals surface area contributed by atoms with Crippen molar-refractivity contribution in [2.45, 2.75) is 36.1 Å². The molecular weight excluding hydrogens is 516 g/mol. The van der Waals surface area contributed by atoms with E-state index in [0.717, 1.165) is 12.8 Å². The number of hydrogen-bond donors (Lipinski definition) is 2. The topological polar surface area (TPSA) is 114 Å². The molecule has 0 unspecified atom stereocenters. The third kappa shape index (κ3) is 7.68. The minimum atomic E-state index is -3.62. The predicted octanol–water partition coefficient (Wildman–Crippen LogP) is 3.58. The van der Waals surface area contributed by atoms with Crippen LogP contribution in [-0.4, -0.2) is 63.0 Å². The van der Waals surface area contributed by atoms with Gasteiger partial charge >= 0.3 is 0 Å². The molecule has 0 radical (unpaired) electrons. The van der Waals surface area contributed by atoms with Crippen molar-refractivity contribution in [1.82, 2.24) is 5.32 Å². The molecule has 3 aromatic carbocycles. The first-order valence-corrected chi connectivity index (χ1v) is 14.7. The van der Waals surface area contributed by atoms with Gasteiger partial charge in [0.15, 0.2) is 15.4 Å². The number of sulfone groups is 1. The number of nitrogens with one attached hydrogen (secondary N) is 1. The summed E-state index contributed by atoms with van der Waals surface area (Å²) in [6, 6.07) is 25.3. The van der Waals surface area contributed by atoms with Crippen LogP contribution in [0.4, 0.5) is 0 Å². The summed E-state index contributed by atoms with van der Waals surface area (Å²) in [6.07, 6.45) is 2.07. The van der Waals surface area contributed by atoms with E-state index >= 15 is 0 Å². The van der Waals surface area contributed by atoms with Gasteiger partial charge in [-0.15, -0.1) is 0 Å². The fraction of sp³-hybridized carbons (Fsp3) is 0.333. The molecule has 1 aliphatic rings. The molecule has 4 rings (SSSR count). The van der Waals surface area contributed by atoms with Crippen molar-refractivity contribution < 1.29 is 27.8 Å². The molecule has 0 spiro atoms. The molecule has 0 saturated heterocycles. The number of hydrogen-bond acceptors (Lipinski definition) is 7. The molecule has 2 N–H and O–H groups in total. The van der Waals surface area contributed by atoms with Crippen LogP contribution in [0.5, 0.6) is 5.75 Å². The Balaban J connectivity index is 1.48. The van der Waals surface area contributed by atoms with E-state index in [4.69, 9.17) is 14.6 Å². The lowest BCUT2D eigenvalue weighted by molar-refractivity contribution is -0.126. The maximum absolute atomic E-state index is 13.5. The van der Waals surface area contributed by atoms with Gasteiger partial charge in [0.25, 0.3) is 5.91 Å². The van der Waals surface area contributed by atoms with Gasteiger partial charge in [-0.1, -0.05) is 48.5 Å². The number of benzene rings is 3. The Morgan fingerprint density at radius 3 is 2.36 bits per heavy atom. The summed E-state index contributed by atoms with van der Waals surface area (Å²) in [5, 5.41) is 11.9. The maximum atomic E-state index is 13.5. The van der Waals surface area contributed by atoms with Crippen LogP contribution in [0.2, 0.25) is 0 Å². The summed E-state index contributed by atoms with van der Waals surface area (Å²) in [4.78, 5) is 18.4. The molecule has 0 aromatic heterocycles. The van der Waals surface area contributed by atoms with Crippen LogP contribution in [0.15, 0.2) is 94.8 Å². The van der Waals surface area contributed by atoms with Gasteiger partial charge in [0.1, 0.15) is 12.4 Å². The number of aliphatic hydroxyl groups excluding tert-OH is 1. The second kappa shape index (κ2) is 13.4. The van der Waals surface area contributed by atoms with Crippen LogP contribution >= 0.6 is 0 Å². The second-order valence-corrected chi connectivity index (χ2v) is 11.5. The zero-order chi connectivity index (χ0) is 27.6. The first kappa shape index (κ1) is 28.3. The van der Waals surface area contributed by atoms with Crippen molar-refractivity contribution in [3.05, 3.63) is 96.1 Å². The third-order valence-corrected chi connectivity index (χ3v) is 8.25. The third-order valence-electron chi connectivity index (χ3n) is 6.52. The molecule has 3 aromatic rings. The molecule has 0 saturated carbocycles. The van der Waals surface area contributed by atoms with E-state index in [9.17, 15) is 13.2 Å². The first-order valence-electron chi connectivity index (χ1n) is 13.1. The van der Waals surface area contributed by atoms with Crippen LogP contribution < -0.4 is 10.1 Å². The number of carbonyl (C=O) groups excluding carboxylic acids is 1. The Hall–Kier alpha value is -3.69. The fourth-order valence-corrected chi connectivity index (χ4v) is 5.67. The SMILES string of the molecule is O=C(NCCCc1ccccc1)[C@@]1(CCS(=O)(=O)c2ccccc2)COC(c2ccc(OCCCO)cc2)=N1. The minimum absolute atomic E-state index is 0.0133. The molecule has 0 fully saturated rings. The van der Waals surface area contributed by atoms with Crippen molar-refractivity contribution in [1.29, 1.82) is 0 Å². The normalized spacial score (nSPS) is 16.8. The van der Waals surface area contributed by atoms with Crippen molar-refractivity contribution in [3.8, 4) is 5.75 Å². The number of nitrogens with zero attached hydrogens (tertiary/aromatic N) is 1. The first-order chi connectivity index (χ1) is 18.9. The van der Waals surface area contributed by atoms with Crippen LogP contribution in [0.25, 0.3) is 0 Å². The highest BCUT2D eigenvalue weighted by Crippen LogP contribution is 2.28. The highest BCUT2D eigenvalue weighted by Gasteiger charge is 2.45. The average Bonchev–Trinajstić information content (AvgIpc) is 3.42. The van der Waals surface area contributed by atoms with E-state index in [-0.39, 0.29) is 42.1 Å². The number of carbonyl (C=O) groups is 1. The molecular formula is C30H34N2O6S. The number of rotatable bonds is 14. The lowest BCUT2D eigenvalue weighted by Crippen LogP contribution is -2.48. The van der Waals surface area contributed by atoms with Gasteiger partial charge in [-0.3, -0.25) is 4.79 Å². The molecule has 0 bridgehead atoms. The molecule has 39 heavy (non-hydrogen) atoms. The van der Waals surface area contributed by atoms with Gasteiger partial charge in [-0.2, -0.15) is 0 Å². The molecule has 1 amide bonds. The lowest BCUT2D eigenvalue weighted by atomic mass is 9.97. The molecule has 1 atom stereocenters. The standard InChI is InChI=1S/C30H34N2O6S/c33-20-8-21-37-26-16-14-25(15-17-26)28-32-30(23-38-28,18-22-39(35,36)27-12-5-2-6-13-27)29(34)31-19-7-11-24-9-3-1-4-10-24/h1-6,9-10,12-17,33H,7-8,11,18-23H2,(H,31,34)/t30-/m1/s1. The van der Waals surface area contributed by atoms with Gasteiger partial charge in [0, 0.05) is 25.1 Å². The van der Waals surface area contributed by atoms with Gasteiger partial charge in [-0.05, 0) is 61.2 Å². The van der Waals surface area contributed by atoms with E-state index in [1.807, 2.05) is 30.3 Å². The Morgan fingerprint density at radius 1 is 0.974 bits per heavy atom. The van der Waals surface area contributed by atoms with Crippen molar-refractivity contribution in [3.63, 3.8) is 0 Å². The predicted molar refractivity (Wildman–Crippen MR) is 150 cm³/mol. The maximum Gasteiger partial charge on any atom is 0.251 e. The molecule has 1 aliphatic heterocycles. The van der Waals surface area contributed by atoms with Gasteiger partial charge in [0.2, 0.25) is 5.90 Å². The minimum Gasteiger partial charge on any atom is -0.494 e. The summed E-state index contributed by atoms with van der Waals surface area (Å²) < 4.78 is 37.5. The number of aliphatic hydroxyl groups is 1. The molecule has 8 nitrogen and oxygen atoms in total. The summed E-state index contributed by atoms with van der Waals surface area (Å²) >= 11 is 0. The summed E-state index contributed by atoms with van der Waals surface area (Å²) in [5.74, 6) is 0.333. The van der Waals surface area contributed by atoms with Crippen LogP contribution in [0.1, 0.15) is 30.4 Å². The molecule has 206 valence electrons. The summed E-state index contributed by atoms with van der Waals surface area (Å²) in [6.45, 7) is 0.841. The molecule has 1 heterocycles. The summed E-state index contributed by atoms with van der Waals surface area (Å²) in [5.41, 5.74) is 0.484. The number of aliphatic imine (C=N–C) groups is 1. The number of aryl methyl sites for hydroxylation is 1. The quantitative estimate of drug-likeness (QED) is 0.297. The van der Waals surface area contributed by atoms with Gasteiger partial charge < -0.3 is 19.9 Å². The van der Waals surface area contributed by atoms with Crippen molar-refractivity contribution in [2.24, 2.45) is 4.99 Å². The van der Waals surface area contributed by atoms with E-state index in [1.165, 1.54) is 5.56 Å². The van der Waals surface area contributed by atoms with E-state index in [1.54, 1.807) is 54.6 Å². The largest absolute Gasteiger partial charge is 0.494 e. The zero-order valence-corrected chi connectivity index (χ0v) is 22.6. The highest BCUT2D eigenvalue weighted by molar-refractivity contribution is 7.91. The van der Waals surface area contributed by atoms with E-state index in [2.05, 4.69) is 10.3 Å². The highest BCUT2D eigenvalue weighted by atomic mass is 32.2. The molecule has 0 aliphatic carbocycles. The average molecular weight is 551 g/mol. The summed E-state index contributed by atoms with van der Waals surface area (Å²) in [7, 11) is -3.62. The fourth-order valence-electron chi connectivity index (χ4n) is 4.25.